The van der Waals surface area contributed by atoms with Gasteiger partial charge in [0.15, 0.2) is 0 Å². The number of rotatable bonds is 4. The van der Waals surface area contributed by atoms with Crippen molar-refractivity contribution in [1.29, 1.82) is 0 Å². The highest BCUT2D eigenvalue weighted by atomic mass is 16.2. The summed E-state index contributed by atoms with van der Waals surface area (Å²) in [5.74, 6) is -0.479. The summed E-state index contributed by atoms with van der Waals surface area (Å²) in [6.07, 6.45) is 3.74. The van der Waals surface area contributed by atoms with Crippen LogP contribution in [0.25, 0.3) is 0 Å². The molecule has 1 aliphatic rings. The highest BCUT2D eigenvalue weighted by Gasteiger charge is 2.15. The van der Waals surface area contributed by atoms with E-state index in [9.17, 15) is 14.4 Å². The zero-order chi connectivity index (χ0) is 18.7. The molecule has 1 saturated heterocycles. The molecule has 7 nitrogen and oxygen atoms in total. The first kappa shape index (κ1) is 18.0. The van der Waals surface area contributed by atoms with Crippen molar-refractivity contribution in [3.63, 3.8) is 0 Å². The van der Waals surface area contributed by atoms with E-state index in [-0.39, 0.29) is 11.7 Å². The van der Waals surface area contributed by atoms with Crippen molar-refractivity contribution in [1.82, 2.24) is 14.9 Å². The van der Waals surface area contributed by atoms with Crippen LogP contribution in [-0.2, 0) is 7.05 Å². The fraction of sp³-hybridized carbons (Fsp3) is 0.421. The fourth-order valence-corrected chi connectivity index (χ4v) is 3.16. The number of H-pyrrole nitrogens is 1. The van der Waals surface area contributed by atoms with E-state index in [1.807, 2.05) is 19.1 Å². The molecule has 1 amide bonds. The molecular formula is C19H24N4O3. The molecule has 3 rings (SSSR count). The SMILES string of the molecule is C[C@@H](NC(=O)c1cc(=O)n(C)c(=O)[nH]1)c1ccc(N2CCCCC2)cc1. The lowest BCUT2D eigenvalue weighted by Crippen LogP contribution is -2.37. The molecule has 1 atom stereocenters. The van der Waals surface area contributed by atoms with E-state index in [2.05, 4.69) is 27.3 Å². The van der Waals surface area contributed by atoms with E-state index < -0.39 is 17.2 Å². The van der Waals surface area contributed by atoms with Gasteiger partial charge in [-0.3, -0.25) is 14.2 Å². The number of aromatic amines is 1. The number of anilines is 1. The second-order valence-corrected chi connectivity index (χ2v) is 6.72. The van der Waals surface area contributed by atoms with Gasteiger partial charge in [-0.2, -0.15) is 0 Å². The molecule has 138 valence electrons. The van der Waals surface area contributed by atoms with Crippen molar-refractivity contribution in [2.75, 3.05) is 18.0 Å². The van der Waals surface area contributed by atoms with Gasteiger partial charge in [0, 0.05) is 31.9 Å². The predicted octanol–water partition coefficient (Wildman–Crippen LogP) is 1.55. The van der Waals surface area contributed by atoms with Crippen molar-refractivity contribution in [2.24, 2.45) is 7.05 Å². The zero-order valence-corrected chi connectivity index (χ0v) is 15.1. The lowest BCUT2D eigenvalue weighted by Gasteiger charge is -2.29. The Labute approximate surface area is 151 Å². The van der Waals surface area contributed by atoms with Crippen molar-refractivity contribution in [3.05, 3.63) is 62.4 Å². The van der Waals surface area contributed by atoms with Crippen LogP contribution in [-0.4, -0.2) is 28.5 Å². The van der Waals surface area contributed by atoms with Gasteiger partial charge in [-0.25, -0.2) is 4.79 Å². The van der Waals surface area contributed by atoms with Gasteiger partial charge in [0.1, 0.15) is 5.69 Å². The lowest BCUT2D eigenvalue weighted by molar-refractivity contribution is 0.0934. The Hall–Kier alpha value is -2.83. The third-order valence-corrected chi connectivity index (χ3v) is 4.85. The van der Waals surface area contributed by atoms with Gasteiger partial charge >= 0.3 is 5.69 Å². The van der Waals surface area contributed by atoms with Crippen LogP contribution in [0.4, 0.5) is 5.69 Å². The highest BCUT2D eigenvalue weighted by molar-refractivity contribution is 5.92. The average molecular weight is 356 g/mol. The number of hydrogen-bond acceptors (Lipinski definition) is 4. The van der Waals surface area contributed by atoms with Crippen LogP contribution in [0.1, 0.15) is 48.3 Å². The first-order chi connectivity index (χ1) is 12.5. The molecule has 2 heterocycles. The Morgan fingerprint density at radius 2 is 1.77 bits per heavy atom. The molecule has 1 aromatic heterocycles. The van der Waals surface area contributed by atoms with Gasteiger partial charge in [0.2, 0.25) is 0 Å². The number of carbonyl (C=O) groups is 1. The van der Waals surface area contributed by atoms with Crippen LogP contribution in [0.2, 0.25) is 0 Å². The fourth-order valence-electron chi connectivity index (χ4n) is 3.16. The number of aromatic nitrogens is 2. The summed E-state index contributed by atoms with van der Waals surface area (Å²) < 4.78 is 0.916. The summed E-state index contributed by atoms with van der Waals surface area (Å²) >= 11 is 0. The quantitative estimate of drug-likeness (QED) is 0.870. The summed E-state index contributed by atoms with van der Waals surface area (Å²) in [7, 11) is 1.36. The van der Waals surface area contributed by atoms with Crippen LogP contribution in [0.15, 0.2) is 39.9 Å². The first-order valence-corrected chi connectivity index (χ1v) is 8.92. The minimum atomic E-state index is -0.610. The second kappa shape index (κ2) is 7.59. The molecule has 0 radical (unpaired) electrons. The molecule has 0 spiro atoms. The topological polar surface area (TPSA) is 87.2 Å². The van der Waals surface area contributed by atoms with Crippen LogP contribution >= 0.6 is 0 Å². The minimum absolute atomic E-state index is 0.0325. The summed E-state index contributed by atoms with van der Waals surface area (Å²) in [5.41, 5.74) is 1.00. The van der Waals surface area contributed by atoms with E-state index in [4.69, 9.17) is 0 Å². The molecule has 0 unspecified atom stereocenters. The van der Waals surface area contributed by atoms with Crippen molar-refractivity contribution >= 4 is 11.6 Å². The Kier molecular flexibility index (Phi) is 5.25. The van der Waals surface area contributed by atoms with Gasteiger partial charge < -0.3 is 15.2 Å². The maximum absolute atomic E-state index is 12.3. The Bertz CT molecular complexity index is 861. The summed E-state index contributed by atoms with van der Waals surface area (Å²) in [6, 6.07) is 9.03. The van der Waals surface area contributed by atoms with E-state index in [0.29, 0.717) is 0 Å². The van der Waals surface area contributed by atoms with Gasteiger partial charge in [0.05, 0.1) is 6.04 Å². The number of nitrogens with one attached hydrogen (secondary N) is 2. The Morgan fingerprint density at radius 3 is 2.38 bits per heavy atom. The van der Waals surface area contributed by atoms with Gasteiger partial charge in [-0.15, -0.1) is 0 Å². The predicted molar refractivity (Wildman–Crippen MR) is 101 cm³/mol. The molecule has 0 bridgehead atoms. The highest BCUT2D eigenvalue weighted by Crippen LogP contribution is 2.22. The molecule has 2 N–H and O–H groups in total. The number of amides is 1. The molecule has 0 aliphatic carbocycles. The molecule has 0 saturated carbocycles. The van der Waals surface area contributed by atoms with Crippen LogP contribution in [0.5, 0.6) is 0 Å². The van der Waals surface area contributed by atoms with Crippen molar-refractivity contribution in [3.8, 4) is 0 Å². The van der Waals surface area contributed by atoms with E-state index in [0.717, 1.165) is 29.3 Å². The molecular weight excluding hydrogens is 332 g/mol. The van der Waals surface area contributed by atoms with Gasteiger partial charge in [0.25, 0.3) is 11.5 Å². The Balaban J connectivity index is 1.69. The van der Waals surface area contributed by atoms with Crippen molar-refractivity contribution in [2.45, 2.75) is 32.2 Å². The molecule has 26 heavy (non-hydrogen) atoms. The molecule has 1 fully saturated rings. The zero-order valence-electron chi connectivity index (χ0n) is 15.1. The molecule has 2 aromatic rings. The summed E-state index contributed by atoms with van der Waals surface area (Å²) in [5, 5.41) is 2.81. The molecule has 7 heteroatoms. The normalized spacial score (nSPS) is 15.5. The van der Waals surface area contributed by atoms with Crippen LogP contribution in [0.3, 0.4) is 0 Å². The maximum Gasteiger partial charge on any atom is 0.328 e. The van der Waals surface area contributed by atoms with Crippen LogP contribution < -0.4 is 21.5 Å². The van der Waals surface area contributed by atoms with E-state index in [1.165, 1.54) is 32.0 Å². The monoisotopic (exact) mass is 356 g/mol. The van der Waals surface area contributed by atoms with Gasteiger partial charge in [-0.1, -0.05) is 12.1 Å². The number of hydrogen-bond donors (Lipinski definition) is 2. The van der Waals surface area contributed by atoms with Crippen LogP contribution in [0, 0.1) is 0 Å². The maximum atomic E-state index is 12.3. The average Bonchev–Trinajstić information content (AvgIpc) is 2.66. The number of benzene rings is 1. The first-order valence-electron chi connectivity index (χ1n) is 8.92. The third-order valence-electron chi connectivity index (χ3n) is 4.85. The standard InChI is InChI=1S/C19H24N4O3/c1-13(20-18(25)16-12-17(24)22(2)19(26)21-16)14-6-8-15(9-7-14)23-10-4-3-5-11-23/h6-9,12-13H,3-5,10-11H2,1-2H3,(H,20,25)(H,21,26)/t13-/m1/s1. The third kappa shape index (κ3) is 3.87. The number of nitrogens with zero attached hydrogens (tertiary/aromatic N) is 2. The number of carbonyl (C=O) groups excluding carboxylic acids is 1. The van der Waals surface area contributed by atoms with Gasteiger partial charge in [-0.05, 0) is 43.9 Å². The molecule has 1 aromatic carbocycles. The van der Waals surface area contributed by atoms with Crippen molar-refractivity contribution < 1.29 is 4.79 Å². The second-order valence-electron chi connectivity index (χ2n) is 6.72. The number of piperidine rings is 1. The van der Waals surface area contributed by atoms with E-state index >= 15 is 0 Å². The minimum Gasteiger partial charge on any atom is -0.372 e. The van der Waals surface area contributed by atoms with E-state index in [1.54, 1.807) is 0 Å². The summed E-state index contributed by atoms with van der Waals surface area (Å²) in [4.78, 5) is 40.4. The summed E-state index contributed by atoms with van der Waals surface area (Å²) in [6.45, 7) is 4.04. The largest absolute Gasteiger partial charge is 0.372 e. The Morgan fingerprint density at radius 1 is 1.12 bits per heavy atom. The smallest absolute Gasteiger partial charge is 0.328 e. The molecule has 1 aliphatic heterocycles. The lowest BCUT2D eigenvalue weighted by atomic mass is 10.1.